The van der Waals surface area contributed by atoms with Crippen molar-refractivity contribution in [2.24, 2.45) is 5.92 Å². The molecule has 7 heteroatoms. The summed E-state index contributed by atoms with van der Waals surface area (Å²) in [7, 11) is 0. The zero-order valence-electron chi connectivity index (χ0n) is 20.3. The molecule has 1 aliphatic rings. The molecule has 2 N–H and O–H groups in total. The van der Waals surface area contributed by atoms with Crippen molar-refractivity contribution in [1.29, 1.82) is 0 Å². The molecule has 0 saturated carbocycles. The van der Waals surface area contributed by atoms with Crippen molar-refractivity contribution in [3.63, 3.8) is 0 Å². The van der Waals surface area contributed by atoms with Gasteiger partial charge in [-0.25, -0.2) is 4.79 Å². The lowest BCUT2D eigenvalue weighted by Crippen LogP contribution is -2.53. The number of carbonyl (C=O) groups excluding carboxylic acids is 2. The molecule has 0 spiro atoms. The molecule has 7 nitrogen and oxygen atoms in total. The Morgan fingerprint density at radius 2 is 1.53 bits per heavy atom. The molecule has 0 radical (unpaired) electrons. The number of benzene rings is 2. The summed E-state index contributed by atoms with van der Waals surface area (Å²) in [4.78, 5) is 38.5. The molecule has 0 fully saturated rings. The van der Waals surface area contributed by atoms with E-state index in [1.807, 2.05) is 52.0 Å². The lowest BCUT2D eigenvalue weighted by Gasteiger charge is -2.32. The number of rotatable bonds is 10. The van der Waals surface area contributed by atoms with Crippen LogP contribution < -0.4 is 5.32 Å². The van der Waals surface area contributed by atoms with Gasteiger partial charge in [0, 0.05) is 24.9 Å². The Balaban J connectivity index is 1.66. The van der Waals surface area contributed by atoms with Crippen LogP contribution in [0.2, 0.25) is 0 Å². The van der Waals surface area contributed by atoms with Crippen LogP contribution in [-0.4, -0.2) is 53.2 Å². The normalized spacial score (nSPS) is 13.4. The first-order valence-electron chi connectivity index (χ1n) is 11.8. The van der Waals surface area contributed by atoms with Crippen molar-refractivity contribution >= 4 is 18.0 Å². The van der Waals surface area contributed by atoms with Gasteiger partial charge >= 0.3 is 12.1 Å². The van der Waals surface area contributed by atoms with Crippen molar-refractivity contribution in [3.05, 3.63) is 59.7 Å². The number of carbonyl (C=O) groups is 3. The summed E-state index contributed by atoms with van der Waals surface area (Å²) in [5.41, 5.74) is 4.54. The number of hydrogen-bond acceptors (Lipinski definition) is 4. The number of ether oxygens (including phenoxy) is 1. The molecule has 0 aliphatic heterocycles. The van der Waals surface area contributed by atoms with Gasteiger partial charge < -0.3 is 20.1 Å². The fourth-order valence-corrected chi connectivity index (χ4v) is 4.48. The maximum Gasteiger partial charge on any atom is 0.407 e. The molecule has 1 atom stereocenters. The number of nitrogens with one attached hydrogen (secondary N) is 1. The monoisotopic (exact) mass is 466 g/mol. The maximum absolute atomic E-state index is 13.2. The number of alkyl carbamates (subject to hydrolysis) is 1. The number of carboxylic acid groups (broad SMARTS) is 1. The first-order valence-corrected chi connectivity index (χ1v) is 11.8. The second kappa shape index (κ2) is 11.2. The molecule has 2 aromatic rings. The number of aliphatic carboxylic acids is 1. The van der Waals surface area contributed by atoms with Gasteiger partial charge in [-0.05, 0) is 48.4 Å². The van der Waals surface area contributed by atoms with Crippen molar-refractivity contribution in [1.82, 2.24) is 10.2 Å². The molecule has 34 heavy (non-hydrogen) atoms. The van der Waals surface area contributed by atoms with Gasteiger partial charge in [0.05, 0.1) is 0 Å². The smallest absolute Gasteiger partial charge is 0.407 e. The molecule has 0 heterocycles. The molecule has 2 amide bonds. The largest absolute Gasteiger partial charge is 0.481 e. The van der Waals surface area contributed by atoms with E-state index in [1.54, 1.807) is 4.90 Å². The summed E-state index contributed by atoms with van der Waals surface area (Å²) in [5, 5.41) is 11.7. The Morgan fingerprint density at radius 1 is 0.971 bits per heavy atom. The Labute approximate surface area is 201 Å². The predicted molar refractivity (Wildman–Crippen MR) is 131 cm³/mol. The minimum absolute atomic E-state index is 0.0113. The number of nitrogens with zero attached hydrogens (tertiary/aromatic N) is 1. The van der Waals surface area contributed by atoms with E-state index in [4.69, 9.17) is 9.84 Å². The second-order valence-electron chi connectivity index (χ2n) is 9.31. The van der Waals surface area contributed by atoms with Gasteiger partial charge in [-0.1, -0.05) is 62.4 Å². The summed E-state index contributed by atoms with van der Waals surface area (Å²) in [5.74, 6) is -1.35. The summed E-state index contributed by atoms with van der Waals surface area (Å²) < 4.78 is 5.62. The molecular formula is C27H34N2O5. The van der Waals surface area contributed by atoms with Crippen molar-refractivity contribution in [2.45, 2.75) is 58.5 Å². The molecule has 1 aliphatic carbocycles. The van der Waals surface area contributed by atoms with Gasteiger partial charge in [0.2, 0.25) is 5.91 Å². The zero-order valence-corrected chi connectivity index (χ0v) is 20.3. The fraction of sp³-hybridized carbons (Fsp3) is 0.444. The first-order chi connectivity index (χ1) is 16.2. The van der Waals surface area contributed by atoms with Gasteiger partial charge in [-0.3, -0.25) is 9.59 Å². The highest BCUT2D eigenvalue weighted by Crippen LogP contribution is 2.44. The van der Waals surface area contributed by atoms with Crippen LogP contribution in [0.15, 0.2) is 48.5 Å². The second-order valence-corrected chi connectivity index (χ2v) is 9.31. The lowest BCUT2D eigenvalue weighted by molar-refractivity contribution is -0.139. The van der Waals surface area contributed by atoms with Crippen molar-refractivity contribution in [2.75, 3.05) is 13.2 Å². The number of hydrogen-bond donors (Lipinski definition) is 2. The van der Waals surface area contributed by atoms with Crippen molar-refractivity contribution in [3.8, 4) is 11.1 Å². The van der Waals surface area contributed by atoms with E-state index < -0.39 is 18.1 Å². The average molecular weight is 467 g/mol. The Bertz CT molecular complexity index is 988. The van der Waals surface area contributed by atoms with Gasteiger partial charge in [0.25, 0.3) is 0 Å². The van der Waals surface area contributed by atoms with E-state index >= 15 is 0 Å². The Morgan fingerprint density at radius 3 is 2.03 bits per heavy atom. The third kappa shape index (κ3) is 5.76. The van der Waals surface area contributed by atoms with Crippen LogP contribution in [0.25, 0.3) is 11.1 Å². The van der Waals surface area contributed by atoms with Crippen LogP contribution >= 0.6 is 0 Å². The standard InChI is InChI=1S/C27H34N2O5/c1-17(2)25(26(32)29(18(3)4)15-9-14-24(30)31)28-27(33)34-16-23-21-12-7-5-10-19(21)20-11-6-8-13-22(20)23/h5-8,10-13,17-18,23,25H,9,14-16H2,1-4H3,(H,28,33)(H,30,31). The van der Waals surface area contributed by atoms with Crippen LogP contribution in [0.5, 0.6) is 0 Å². The minimum Gasteiger partial charge on any atom is -0.481 e. The highest BCUT2D eigenvalue weighted by molar-refractivity contribution is 5.86. The molecule has 2 aromatic carbocycles. The van der Waals surface area contributed by atoms with E-state index in [-0.39, 0.29) is 36.8 Å². The number of carboxylic acids is 1. The Hall–Kier alpha value is -3.35. The van der Waals surface area contributed by atoms with Crippen LogP contribution in [0.1, 0.15) is 57.6 Å². The summed E-state index contributed by atoms with van der Waals surface area (Å²) in [6.45, 7) is 7.97. The van der Waals surface area contributed by atoms with E-state index in [1.165, 1.54) is 0 Å². The van der Waals surface area contributed by atoms with E-state index in [9.17, 15) is 14.4 Å². The number of amides is 2. The highest BCUT2D eigenvalue weighted by Gasteiger charge is 2.32. The Kier molecular flexibility index (Phi) is 8.31. The first kappa shape index (κ1) is 25.3. The molecule has 0 saturated heterocycles. The summed E-state index contributed by atoms with van der Waals surface area (Å²) >= 11 is 0. The third-order valence-corrected chi connectivity index (χ3v) is 6.25. The molecule has 3 rings (SSSR count). The minimum atomic E-state index is -0.895. The lowest BCUT2D eigenvalue weighted by atomic mass is 9.98. The van der Waals surface area contributed by atoms with Gasteiger partial charge in [-0.2, -0.15) is 0 Å². The fourth-order valence-electron chi connectivity index (χ4n) is 4.48. The number of fused-ring (bicyclic) bond motifs is 3. The third-order valence-electron chi connectivity index (χ3n) is 6.25. The molecular weight excluding hydrogens is 432 g/mol. The molecule has 0 aromatic heterocycles. The van der Waals surface area contributed by atoms with Gasteiger partial charge in [-0.15, -0.1) is 0 Å². The zero-order chi connectivity index (χ0) is 24.8. The average Bonchev–Trinajstić information content (AvgIpc) is 3.11. The van der Waals surface area contributed by atoms with E-state index in [2.05, 4.69) is 29.6 Å². The summed E-state index contributed by atoms with van der Waals surface area (Å²) in [6, 6.07) is 15.3. The highest BCUT2D eigenvalue weighted by atomic mass is 16.5. The van der Waals surface area contributed by atoms with Crippen molar-refractivity contribution < 1.29 is 24.2 Å². The van der Waals surface area contributed by atoms with Crippen LogP contribution in [0.4, 0.5) is 4.79 Å². The van der Waals surface area contributed by atoms with Crippen LogP contribution in [-0.2, 0) is 14.3 Å². The molecule has 182 valence electrons. The van der Waals surface area contributed by atoms with Gasteiger partial charge in [0.15, 0.2) is 0 Å². The quantitative estimate of drug-likeness (QED) is 0.531. The van der Waals surface area contributed by atoms with Crippen LogP contribution in [0, 0.1) is 5.92 Å². The maximum atomic E-state index is 13.2. The van der Waals surface area contributed by atoms with Gasteiger partial charge in [0.1, 0.15) is 12.6 Å². The SMILES string of the molecule is CC(C)C(NC(=O)OCC1c2ccccc2-c2ccccc21)C(=O)N(CCCC(=O)O)C(C)C. The van der Waals surface area contributed by atoms with E-state index in [0.717, 1.165) is 22.3 Å². The molecule has 1 unspecified atom stereocenters. The summed E-state index contributed by atoms with van der Waals surface area (Å²) in [6.07, 6.45) is -0.291. The predicted octanol–water partition coefficient (Wildman–Crippen LogP) is 4.65. The van der Waals surface area contributed by atoms with Crippen LogP contribution in [0.3, 0.4) is 0 Å². The molecule has 0 bridgehead atoms. The van der Waals surface area contributed by atoms with E-state index in [0.29, 0.717) is 13.0 Å². The topological polar surface area (TPSA) is 95.9 Å².